The van der Waals surface area contributed by atoms with E-state index >= 15 is 0 Å². The molecule has 0 N–H and O–H groups in total. The topological polar surface area (TPSA) is 41.6 Å². The van der Waals surface area contributed by atoms with Crippen molar-refractivity contribution < 1.29 is 0 Å². The van der Waals surface area contributed by atoms with E-state index in [0.29, 0.717) is 6.42 Å². The van der Waals surface area contributed by atoms with Crippen LogP contribution in [0.3, 0.4) is 0 Å². The summed E-state index contributed by atoms with van der Waals surface area (Å²) < 4.78 is 2.03. The van der Waals surface area contributed by atoms with Crippen molar-refractivity contribution in [3.63, 3.8) is 0 Å². The Balaban J connectivity index is 0.000000261. The van der Waals surface area contributed by atoms with Gasteiger partial charge in [0, 0.05) is 32.3 Å². The Morgan fingerprint density at radius 3 is 2.33 bits per heavy atom. The van der Waals surface area contributed by atoms with Crippen LogP contribution in [0.5, 0.6) is 0 Å². The summed E-state index contributed by atoms with van der Waals surface area (Å²) in [7, 11) is 2.01. The average Bonchev–Trinajstić information content (AvgIpc) is 2.51. The molecular weight excluding hydrogens is 150 g/mol. The lowest BCUT2D eigenvalue weighted by Gasteiger charge is -1.92. The molecule has 0 unspecified atom stereocenters. The second-order valence-corrected chi connectivity index (χ2v) is 2.32. The van der Waals surface area contributed by atoms with Gasteiger partial charge in [0.2, 0.25) is 0 Å². The zero-order chi connectivity index (χ0) is 9.40. The van der Waals surface area contributed by atoms with Gasteiger partial charge in [-0.1, -0.05) is 13.8 Å². The van der Waals surface area contributed by atoms with Crippen LogP contribution in [0.1, 0.15) is 26.1 Å². The molecule has 1 rings (SSSR count). The zero-order valence-electron chi connectivity index (χ0n) is 7.91. The molecule has 0 aliphatic heterocycles. The second-order valence-electron chi connectivity index (χ2n) is 2.32. The average molecular weight is 165 g/mol. The molecule has 1 aromatic rings. The third-order valence-electron chi connectivity index (χ3n) is 1.40. The first-order valence-electron chi connectivity index (χ1n) is 4.09. The van der Waals surface area contributed by atoms with E-state index in [1.54, 1.807) is 0 Å². The highest BCUT2D eigenvalue weighted by Gasteiger charge is 1.90. The lowest BCUT2D eigenvalue weighted by Crippen LogP contribution is -1.92. The van der Waals surface area contributed by atoms with E-state index in [-0.39, 0.29) is 0 Å². The van der Waals surface area contributed by atoms with Crippen molar-refractivity contribution in [2.24, 2.45) is 7.05 Å². The van der Waals surface area contributed by atoms with Crippen LogP contribution in [-0.4, -0.2) is 9.55 Å². The van der Waals surface area contributed by atoms with Gasteiger partial charge in [-0.25, -0.2) is 4.98 Å². The van der Waals surface area contributed by atoms with Crippen LogP contribution in [0.4, 0.5) is 0 Å². The number of rotatable bonds is 1. The summed E-state index contributed by atoms with van der Waals surface area (Å²) in [5, 5.41) is 7.62. The number of nitrogens with zero attached hydrogens (tertiary/aromatic N) is 3. The standard InChI is InChI=1S/C6H10N2.C3H5N/c1-3-6-7-4-5-8(6)2;1-2-3-4/h4-5H,3H2,1-2H3;2H2,1H3. The number of aromatic nitrogens is 2. The number of nitriles is 1. The first-order chi connectivity index (χ1) is 5.76. The van der Waals surface area contributed by atoms with Crippen molar-refractivity contribution in [3.05, 3.63) is 18.2 Å². The molecule has 0 saturated carbocycles. The monoisotopic (exact) mass is 165 g/mol. The first kappa shape index (κ1) is 10.7. The van der Waals surface area contributed by atoms with Gasteiger partial charge in [0.1, 0.15) is 5.82 Å². The van der Waals surface area contributed by atoms with Crippen molar-refractivity contribution in [3.8, 4) is 6.07 Å². The molecule has 0 amide bonds. The molecule has 0 radical (unpaired) electrons. The largest absolute Gasteiger partial charge is 0.338 e. The van der Waals surface area contributed by atoms with E-state index in [1.807, 2.05) is 37.0 Å². The Bertz CT molecular complexity index is 245. The summed E-state index contributed by atoms with van der Waals surface area (Å²) in [6, 6.07) is 1.93. The van der Waals surface area contributed by atoms with Crippen molar-refractivity contribution in [2.75, 3.05) is 0 Å². The minimum Gasteiger partial charge on any atom is -0.338 e. The molecule has 0 aliphatic rings. The molecule has 66 valence electrons. The highest BCUT2D eigenvalue weighted by molar-refractivity contribution is 4.89. The van der Waals surface area contributed by atoms with E-state index in [0.717, 1.165) is 12.2 Å². The number of hydrogen-bond acceptors (Lipinski definition) is 2. The van der Waals surface area contributed by atoms with Crippen LogP contribution in [-0.2, 0) is 13.5 Å². The summed E-state index contributed by atoms with van der Waals surface area (Å²) in [6.45, 7) is 3.92. The van der Waals surface area contributed by atoms with Crippen LogP contribution < -0.4 is 0 Å². The lowest BCUT2D eigenvalue weighted by molar-refractivity contribution is 0.808. The van der Waals surface area contributed by atoms with Crippen molar-refractivity contribution >= 4 is 0 Å². The fraction of sp³-hybridized carbons (Fsp3) is 0.556. The van der Waals surface area contributed by atoms with Gasteiger partial charge in [0.05, 0.1) is 6.07 Å². The fourth-order valence-corrected chi connectivity index (χ4v) is 0.737. The number of hydrogen-bond donors (Lipinski definition) is 0. The Hall–Kier alpha value is -1.30. The molecule has 1 aromatic heterocycles. The molecule has 0 bridgehead atoms. The molecule has 0 fully saturated rings. The lowest BCUT2D eigenvalue weighted by atomic mass is 10.5. The van der Waals surface area contributed by atoms with E-state index in [4.69, 9.17) is 5.26 Å². The van der Waals surface area contributed by atoms with Gasteiger partial charge in [-0.15, -0.1) is 0 Å². The van der Waals surface area contributed by atoms with Crippen LogP contribution in [0.25, 0.3) is 0 Å². The number of aryl methyl sites for hydroxylation is 2. The maximum Gasteiger partial charge on any atom is 0.108 e. The highest BCUT2D eigenvalue weighted by Crippen LogP contribution is 1.92. The van der Waals surface area contributed by atoms with Gasteiger partial charge in [0.15, 0.2) is 0 Å². The Morgan fingerprint density at radius 2 is 2.17 bits per heavy atom. The Labute approximate surface area is 73.7 Å². The van der Waals surface area contributed by atoms with Crippen LogP contribution in [0, 0.1) is 11.3 Å². The second kappa shape index (κ2) is 6.41. The number of imidazole rings is 1. The summed E-state index contributed by atoms with van der Waals surface area (Å²) in [6.07, 6.45) is 5.42. The van der Waals surface area contributed by atoms with Gasteiger partial charge in [-0.05, 0) is 0 Å². The molecule has 3 nitrogen and oxygen atoms in total. The normalized spacial score (nSPS) is 8.17. The molecular formula is C9H15N3. The minimum atomic E-state index is 0.625. The van der Waals surface area contributed by atoms with Gasteiger partial charge in [-0.2, -0.15) is 5.26 Å². The smallest absolute Gasteiger partial charge is 0.108 e. The fourth-order valence-electron chi connectivity index (χ4n) is 0.737. The third kappa shape index (κ3) is 3.77. The summed E-state index contributed by atoms with van der Waals surface area (Å²) >= 11 is 0. The van der Waals surface area contributed by atoms with Gasteiger partial charge in [0.25, 0.3) is 0 Å². The highest BCUT2D eigenvalue weighted by atomic mass is 15.0. The van der Waals surface area contributed by atoms with E-state index in [1.165, 1.54) is 0 Å². The molecule has 0 saturated heterocycles. The molecule has 12 heavy (non-hydrogen) atoms. The summed E-state index contributed by atoms with van der Waals surface area (Å²) in [5.41, 5.74) is 0. The SMILES string of the molecule is CCC#N.CCc1nccn1C. The van der Waals surface area contributed by atoms with Gasteiger partial charge >= 0.3 is 0 Å². The van der Waals surface area contributed by atoms with Gasteiger partial charge < -0.3 is 4.57 Å². The summed E-state index contributed by atoms with van der Waals surface area (Å²) in [5.74, 6) is 1.14. The molecule has 1 heterocycles. The predicted octanol–water partition coefficient (Wildman–Crippen LogP) is 1.90. The Morgan fingerprint density at radius 1 is 1.58 bits per heavy atom. The van der Waals surface area contributed by atoms with Crippen LogP contribution in [0.2, 0.25) is 0 Å². The zero-order valence-corrected chi connectivity index (χ0v) is 7.91. The van der Waals surface area contributed by atoms with Crippen molar-refractivity contribution in [2.45, 2.75) is 26.7 Å². The third-order valence-corrected chi connectivity index (χ3v) is 1.40. The summed E-state index contributed by atoms with van der Waals surface area (Å²) in [4.78, 5) is 4.10. The molecule has 0 aliphatic carbocycles. The van der Waals surface area contributed by atoms with Crippen LogP contribution in [0.15, 0.2) is 12.4 Å². The maximum absolute atomic E-state index is 7.62. The van der Waals surface area contributed by atoms with E-state index in [9.17, 15) is 0 Å². The quantitative estimate of drug-likeness (QED) is 0.637. The predicted molar refractivity (Wildman–Crippen MR) is 48.5 cm³/mol. The molecule has 0 atom stereocenters. The van der Waals surface area contributed by atoms with E-state index < -0.39 is 0 Å². The molecule has 0 aromatic carbocycles. The first-order valence-corrected chi connectivity index (χ1v) is 4.09. The molecule has 0 spiro atoms. The maximum atomic E-state index is 7.62. The molecule has 3 heteroatoms. The van der Waals surface area contributed by atoms with E-state index in [2.05, 4.69) is 11.9 Å². The van der Waals surface area contributed by atoms with Crippen LogP contribution >= 0.6 is 0 Å². The Kier molecular flexibility index (Phi) is 5.72. The minimum absolute atomic E-state index is 0.625. The van der Waals surface area contributed by atoms with Gasteiger partial charge in [-0.3, -0.25) is 0 Å². The van der Waals surface area contributed by atoms with Crippen molar-refractivity contribution in [1.29, 1.82) is 5.26 Å². The van der Waals surface area contributed by atoms with Crippen molar-refractivity contribution in [1.82, 2.24) is 9.55 Å².